The van der Waals surface area contributed by atoms with Gasteiger partial charge in [0.15, 0.2) is 5.82 Å². The molecule has 0 bridgehead atoms. The highest BCUT2D eigenvalue weighted by Crippen LogP contribution is 2.37. The lowest BCUT2D eigenvalue weighted by molar-refractivity contribution is 0.0958. The largest absolute Gasteiger partial charge is 0.371 e. The third-order valence-electron chi connectivity index (χ3n) is 7.67. The molecule has 3 aromatic rings. The van der Waals surface area contributed by atoms with Gasteiger partial charge in [-0.2, -0.15) is 9.35 Å². The molecule has 1 atom stereocenters. The fraction of sp³-hybridized carbons (Fsp3) is 0.419. The van der Waals surface area contributed by atoms with Crippen LogP contribution in [0.5, 0.6) is 0 Å². The number of rotatable bonds is 10. The highest BCUT2D eigenvalue weighted by atomic mass is 32.2. The van der Waals surface area contributed by atoms with Gasteiger partial charge in [0.1, 0.15) is 17.2 Å². The van der Waals surface area contributed by atoms with Crippen molar-refractivity contribution in [2.75, 3.05) is 61.8 Å². The zero-order valence-corrected chi connectivity index (χ0v) is 26.2. The molecule has 3 N–H and O–H groups in total. The molecule has 5 rings (SSSR count). The second-order valence-electron chi connectivity index (χ2n) is 11.5. The van der Waals surface area contributed by atoms with E-state index >= 15 is 0 Å². The van der Waals surface area contributed by atoms with Crippen LogP contribution < -0.4 is 20.9 Å². The maximum absolute atomic E-state index is 13.0. The van der Waals surface area contributed by atoms with Gasteiger partial charge in [0, 0.05) is 65.5 Å². The zero-order chi connectivity index (χ0) is 30.6. The predicted molar refractivity (Wildman–Crippen MR) is 175 cm³/mol. The lowest BCUT2D eigenvalue weighted by atomic mass is 9.86. The number of hydrogen-bond acceptors (Lipinski definition) is 10. The van der Waals surface area contributed by atoms with Crippen molar-refractivity contribution in [3.8, 4) is 0 Å². The predicted octanol–water partition coefficient (Wildman–Crippen LogP) is 4.65. The van der Waals surface area contributed by atoms with E-state index < -0.39 is 9.73 Å². The number of likely N-dealkylation sites (N-methyl/N-ethyl adjacent to an activating group) is 1. The van der Waals surface area contributed by atoms with E-state index in [-0.39, 0.29) is 17.3 Å². The van der Waals surface area contributed by atoms with Crippen LogP contribution in [0, 0.1) is 0 Å². The Morgan fingerprint density at radius 2 is 1.98 bits per heavy atom. The van der Waals surface area contributed by atoms with Gasteiger partial charge in [-0.3, -0.25) is 4.79 Å². The Morgan fingerprint density at radius 1 is 1.19 bits per heavy atom. The summed E-state index contributed by atoms with van der Waals surface area (Å²) in [6.07, 6.45) is 11.8. The topological polar surface area (TPSA) is 128 Å². The van der Waals surface area contributed by atoms with E-state index in [1.165, 1.54) is 35.9 Å². The number of nitrogens with zero attached hydrogens (tertiary/aromatic N) is 6. The molecule has 3 heterocycles. The number of carbonyl (C=O) groups excluding carboxylic acids is 1. The maximum atomic E-state index is 13.0. The fourth-order valence-electron chi connectivity index (χ4n) is 5.57. The average molecular weight is 604 g/mol. The molecule has 11 nitrogen and oxygen atoms in total. The Bertz CT molecular complexity index is 1620. The molecular weight excluding hydrogens is 562 g/mol. The maximum Gasteiger partial charge on any atom is 0.256 e. The summed E-state index contributed by atoms with van der Waals surface area (Å²) in [7, 11) is 1.93. The van der Waals surface area contributed by atoms with Crippen molar-refractivity contribution in [2.24, 2.45) is 4.36 Å². The molecule has 1 aliphatic heterocycles. The third-order valence-corrected chi connectivity index (χ3v) is 8.30. The molecule has 1 saturated heterocycles. The second kappa shape index (κ2) is 13.1. The quantitative estimate of drug-likeness (QED) is 0.284. The lowest BCUT2D eigenvalue weighted by Gasteiger charge is -2.34. The second-order valence-corrected chi connectivity index (χ2v) is 14.1. The van der Waals surface area contributed by atoms with Crippen molar-refractivity contribution >= 4 is 50.4 Å². The van der Waals surface area contributed by atoms with Gasteiger partial charge in [-0.1, -0.05) is 12.1 Å². The van der Waals surface area contributed by atoms with Crippen molar-refractivity contribution in [1.82, 2.24) is 25.2 Å². The molecule has 0 spiro atoms. The Hall–Kier alpha value is -4.03. The standard InChI is InChI=1S/C31H41N9O2S/c1-6-14-32-30(41)25-20-33-31(37-29(25)36-27-10-9-11-28(35-27)38-43(4,5)42)34-22-17-21-12-13-23(39(2)3)19-24(21)26(18-22)40-15-7-8-16-40/h6,9-11,17-18,20,23H,1,7-8,12-16,19H2,2-5H3,(H,32,41)(H2,33,34,35,36,37). The van der Waals surface area contributed by atoms with Crippen LogP contribution in [0.2, 0.25) is 0 Å². The van der Waals surface area contributed by atoms with E-state index in [0.29, 0.717) is 30.2 Å². The molecule has 0 radical (unpaired) electrons. The summed E-state index contributed by atoms with van der Waals surface area (Å²) in [4.78, 5) is 31.5. The smallest absolute Gasteiger partial charge is 0.256 e. The Morgan fingerprint density at radius 3 is 2.70 bits per heavy atom. The van der Waals surface area contributed by atoms with E-state index in [1.54, 1.807) is 36.8 Å². The van der Waals surface area contributed by atoms with Gasteiger partial charge >= 0.3 is 0 Å². The monoisotopic (exact) mass is 603 g/mol. The van der Waals surface area contributed by atoms with Crippen LogP contribution in [0.4, 0.5) is 34.8 Å². The minimum absolute atomic E-state index is 0.254. The van der Waals surface area contributed by atoms with Crippen LogP contribution in [0.3, 0.4) is 0 Å². The van der Waals surface area contributed by atoms with Gasteiger partial charge in [0.2, 0.25) is 5.95 Å². The summed E-state index contributed by atoms with van der Waals surface area (Å²) in [6.45, 7) is 6.10. The van der Waals surface area contributed by atoms with Crippen LogP contribution in [-0.2, 0) is 22.6 Å². The molecular formula is C31H41N9O2S. The fourth-order valence-corrected chi connectivity index (χ4v) is 6.12. The summed E-state index contributed by atoms with van der Waals surface area (Å²) in [6, 6.07) is 10.1. The van der Waals surface area contributed by atoms with E-state index in [0.717, 1.165) is 38.0 Å². The third kappa shape index (κ3) is 7.68. The first kappa shape index (κ1) is 30.4. The molecule has 228 valence electrons. The number of nitrogens with one attached hydrogen (secondary N) is 3. The van der Waals surface area contributed by atoms with E-state index in [1.807, 2.05) is 0 Å². The van der Waals surface area contributed by atoms with Crippen molar-refractivity contribution in [3.05, 3.63) is 65.9 Å². The summed E-state index contributed by atoms with van der Waals surface area (Å²) in [5.41, 5.74) is 5.25. The number of fused-ring (bicyclic) bond motifs is 1. The zero-order valence-electron chi connectivity index (χ0n) is 25.4. The Kier molecular flexibility index (Phi) is 9.26. The van der Waals surface area contributed by atoms with E-state index in [2.05, 4.69) is 72.9 Å². The van der Waals surface area contributed by atoms with Gasteiger partial charge in [-0.05, 0) is 81.6 Å². The van der Waals surface area contributed by atoms with Crippen LogP contribution >= 0.6 is 0 Å². The van der Waals surface area contributed by atoms with Crippen molar-refractivity contribution < 1.29 is 9.00 Å². The number of pyridine rings is 1. The number of amides is 1. The molecule has 1 unspecified atom stereocenters. The van der Waals surface area contributed by atoms with E-state index in [9.17, 15) is 9.00 Å². The summed E-state index contributed by atoms with van der Waals surface area (Å²) in [5, 5.41) is 9.34. The van der Waals surface area contributed by atoms with Crippen LogP contribution in [0.25, 0.3) is 0 Å². The van der Waals surface area contributed by atoms with Crippen molar-refractivity contribution in [2.45, 2.75) is 38.1 Å². The Balaban J connectivity index is 1.49. The summed E-state index contributed by atoms with van der Waals surface area (Å²) < 4.78 is 16.4. The molecule has 43 heavy (non-hydrogen) atoms. The first-order chi connectivity index (χ1) is 20.6. The first-order valence-electron chi connectivity index (χ1n) is 14.6. The number of aromatic nitrogens is 3. The van der Waals surface area contributed by atoms with Crippen molar-refractivity contribution in [3.63, 3.8) is 0 Å². The molecule has 1 aliphatic carbocycles. The van der Waals surface area contributed by atoms with Crippen LogP contribution in [-0.4, -0.2) is 82.3 Å². The molecule has 0 saturated carbocycles. The molecule has 1 aromatic carbocycles. The van der Waals surface area contributed by atoms with Crippen LogP contribution in [0.15, 0.2) is 53.5 Å². The van der Waals surface area contributed by atoms with Gasteiger partial charge in [0.25, 0.3) is 5.91 Å². The summed E-state index contributed by atoms with van der Waals surface area (Å²) in [5.74, 6) is 1.02. The molecule has 12 heteroatoms. The molecule has 1 amide bonds. The summed E-state index contributed by atoms with van der Waals surface area (Å²) >= 11 is 0. The highest BCUT2D eigenvalue weighted by molar-refractivity contribution is 7.92. The normalized spacial score (nSPS) is 16.5. The van der Waals surface area contributed by atoms with Gasteiger partial charge in [-0.15, -0.1) is 6.58 Å². The van der Waals surface area contributed by atoms with Crippen LogP contribution in [0.1, 0.15) is 40.7 Å². The molecule has 2 aromatic heterocycles. The first-order valence-corrected chi connectivity index (χ1v) is 16.9. The number of carbonyl (C=O) groups is 1. The SMILES string of the molecule is C=CCNC(=O)c1cnc(Nc2cc3c(c(N4CCCC4)c2)CC(N(C)C)CC3)nc1Nc1cccc(N=S(C)(C)=O)n1. The molecule has 2 aliphatic rings. The number of anilines is 5. The van der Waals surface area contributed by atoms with E-state index in [4.69, 9.17) is 4.98 Å². The molecule has 1 fully saturated rings. The lowest BCUT2D eigenvalue weighted by Crippen LogP contribution is -2.34. The number of benzene rings is 1. The minimum Gasteiger partial charge on any atom is -0.371 e. The Labute approximate surface area is 254 Å². The van der Waals surface area contributed by atoms with Gasteiger partial charge < -0.3 is 25.8 Å². The van der Waals surface area contributed by atoms with Gasteiger partial charge in [-0.25, -0.2) is 14.2 Å². The average Bonchev–Trinajstić information content (AvgIpc) is 3.50. The minimum atomic E-state index is -2.39. The van der Waals surface area contributed by atoms with Gasteiger partial charge in [0.05, 0.1) is 0 Å². The highest BCUT2D eigenvalue weighted by Gasteiger charge is 2.26. The number of aryl methyl sites for hydroxylation is 1. The number of hydrogen-bond donors (Lipinski definition) is 3. The van der Waals surface area contributed by atoms with Crippen molar-refractivity contribution in [1.29, 1.82) is 0 Å².